The number of carboxylic acid groups (broad SMARTS) is 2. The number of rotatable bonds is 7. The first kappa shape index (κ1) is 13.3. The zero-order valence-corrected chi connectivity index (χ0v) is 9.51. The van der Waals surface area contributed by atoms with Gasteiger partial charge in [-0.05, 0) is 6.92 Å². The molecule has 0 aromatic carbocycles. The quantitative estimate of drug-likeness (QED) is 0.435. The maximum atomic E-state index is 10.6. The van der Waals surface area contributed by atoms with E-state index in [1.165, 1.54) is 4.90 Å². The fourth-order valence-corrected chi connectivity index (χ4v) is 1.44. The summed E-state index contributed by atoms with van der Waals surface area (Å²) in [6, 6.07) is 0. The number of hydrazine groups is 2. The van der Waals surface area contributed by atoms with Gasteiger partial charge < -0.3 is 15.6 Å². The number of carbonyl (C=O) groups is 2. The Bertz CT molecular complexity index is 315. The van der Waals surface area contributed by atoms with Crippen LogP contribution < -0.4 is 11.0 Å². The second kappa shape index (κ2) is 6.06. The predicted octanol–water partition coefficient (Wildman–Crippen LogP) is -1.36. The van der Waals surface area contributed by atoms with Crippen molar-refractivity contribution in [3.63, 3.8) is 0 Å². The Morgan fingerprint density at radius 2 is 1.94 bits per heavy atom. The molecule has 4 N–H and O–H groups in total. The highest BCUT2D eigenvalue weighted by Crippen LogP contribution is 2.02. The number of carboxylic acids is 2. The van der Waals surface area contributed by atoms with Crippen molar-refractivity contribution in [2.45, 2.75) is 6.92 Å². The van der Waals surface area contributed by atoms with E-state index in [2.05, 4.69) is 11.0 Å². The maximum Gasteiger partial charge on any atom is 0.317 e. The van der Waals surface area contributed by atoms with Crippen LogP contribution in [0.25, 0.3) is 0 Å². The molecule has 0 spiro atoms. The molecule has 0 aromatic heterocycles. The van der Waals surface area contributed by atoms with E-state index in [0.29, 0.717) is 0 Å². The van der Waals surface area contributed by atoms with E-state index in [9.17, 15) is 9.59 Å². The lowest BCUT2D eigenvalue weighted by atomic mass is 10.4. The first-order valence-electron chi connectivity index (χ1n) is 5.16. The number of hydrogen-bond acceptors (Lipinski definition) is 6. The van der Waals surface area contributed by atoms with Gasteiger partial charge in [0.2, 0.25) is 0 Å². The van der Waals surface area contributed by atoms with E-state index in [1.807, 2.05) is 6.92 Å². The number of nitrogens with one attached hydrogen (secondary N) is 2. The average molecular weight is 244 g/mol. The third-order valence-electron chi connectivity index (χ3n) is 2.12. The molecule has 0 fully saturated rings. The van der Waals surface area contributed by atoms with Crippen molar-refractivity contribution in [2.75, 3.05) is 26.2 Å². The molecular formula is C9H16N4O4. The van der Waals surface area contributed by atoms with E-state index < -0.39 is 11.9 Å². The Balaban J connectivity index is 2.53. The van der Waals surface area contributed by atoms with Crippen molar-refractivity contribution in [1.29, 1.82) is 0 Å². The normalized spacial score (nSPS) is 14.7. The number of nitrogens with zero attached hydrogens (tertiary/aromatic N) is 2. The third kappa shape index (κ3) is 4.70. The molecular weight excluding hydrogens is 228 g/mol. The zero-order chi connectivity index (χ0) is 12.8. The molecule has 8 nitrogen and oxygen atoms in total. The van der Waals surface area contributed by atoms with Crippen molar-refractivity contribution < 1.29 is 19.8 Å². The van der Waals surface area contributed by atoms with Gasteiger partial charge in [-0.3, -0.25) is 19.5 Å². The SMILES string of the molecule is CCN1C=C(CN(CC(=O)O)CC(=O)O)NN1. The molecule has 0 aliphatic carbocycles. The van der Waals surface area contributed by atoms with Crippen LogP contribution in [0.4, 0.5) is 0 Å². The molecule has 96 valence electrons. The highest BCUT2D eigenvalue weighted by Gasteiger charge is 2.17. The van der Waals surface area contributed by atoms with E-state index in [1.54, 1.807) is 11.2 Å². The minimum atomic E-state index is -1.05. The monoisotopic (exact) mass is 244 g/mol. The highest BCUT2D eigenvalue weighted by atomic mass is 16.4. The smallest absolute Gasteiger partial charge is 0.317 e. The summed E-state index contributed by atoms with van der Waals surface area (Å²) < 4.78 is 0. The van der Waals surface area contributed by atoms with Crippen LogP contribution in [0.3, 0.4) is 0 Å². The van der Waals surface area contributed by atoms with Gasteiger partial charge in [0.15, 0.2) is 0 Å². The number of aliphatic carboxylic acids is 2. The van der Waals surface area contributed by atoms with Crippen LogP contribution in [0.2, 0.25) is 0 Å². The third-order valence-corrected chi connectivity index (χ3v) is 2.12. The summed E-state index contributed by atoms with van der Waals surface area (Å²) >= 11 is 0. The Hall–Kier alpha value is -1.80. The van der Waals surface area contributed by atoms with Crippen LogP contribution in [0.5, 0.6) is 0 Å². The molecule has 8 heteroatoms. The molecule has 0 saturated carbocycles. The van der Waals surface area contributed by atoms with Crippen LogP contribution >= 0.6 is 0 Å². The lowest BCUT2D eigenvalue weighted by molar-refractivity contribution is -0.141. The van der Waals surface area contributed by atoms with Crippen molar-refractivity contribution in [3.05, 3.63) is 11.9 Å². The van der Waals surface area contributed by atoms with Crippen LogP contribution in [0.1, 0.15) is 6.92 Å². The Morgan fingerprint density at radius 3 is 2.35 bits per heavy atom. The van der Waals surface area contributed by atoms with Crippen molar-refractivity contribution in [1.82, 2.24) is 20.9 Å². The minimum absolute atomic E-state index is 0.238. The largest absolute Gasteiger partial charge is 0.480 e. The molecule has 0 radical (unpaired) electrons. The van der Waals surface area contributed by atoms with Crippen LogP contribution in [-0.4, -0.2) is 58.2 Å². The molecule has 17 heavy (non-hydrogen) atoms. The van der Waals surface area contributed by atoms with Gasteiger partial charge in [-0.25, -0.2) is 0 Å². The Morgan fingerprint density at radius 1 is 1.35 bits per heavy atom. The average Bonchev–Trinajstić information content (AvgIpc) is 2.63. The number of hydrogen-bond donors (Lipinski definition) is 4. The molecule has 1 aliphatic rings. The molecule has 0 atom stereocenters. The van der Waals surface area contributed by atoms with E-state index >= 15 is 0 Å². The summed E-state index contributed by atoms with van der Waals surface area (Å²) in [5, 5.41) is 19.1. The molecule has 0 unspecified atom stereocenters. The van der Waals surface area contributed by atoms with Crippen LogP contribution in [0, 0.1) is 0 Å². The van der Waals surface area contributed by atoms with Gasteiger partial charge in [0, 0.05) is 19.3 Å². The van der Waals surface area contributed by atoms with Crippen LogP contribution in [0.15, 0.2) is 11.9 Å². The second-order valence-corrected chi connectivity index (χ2v) is 3.61. The minimum Gasteiger partial charge on any atom is -0.480 e. The van der Waals surface area contributed by atoms with Gasteiger partial charge in [0.1, 0.15) is 0 Å². The van der Waals surface area contributed by atoms with E-state index in [0.717, 1.165) is 12.2 Å². The summed E-state index contributed by atoms with van der Waals surface area (Å²) in [5.41, 5.74) is 6.41. The van der Waals surface area contributed by atoms with Gasteiger partial charge in [0.25, 0.3) is 0 Å². The van der Waals surface area contributed by atoms with Crippen molar-refractivity contribution in [2.24, 2.45) is 0 Å². The predicted molar refractivity (Wildman–Crippen MR) is 58.4 cm³/mol. The highest BCUT2D eigenvalue weighted by molar-refractivity contribution is 5.72. The Labute approximate surface area is 98.4 Å². The molecule has 1 heterocycles. The molecule has 0 amide bonds. The second-order valence-electron chi connectivity index (χ2n) is 3.61. The van der Waals surface area contributed by atoms with Gasteiger partial charge in [-0.15, -0.1) is 5.53 Å². The zero-order valence-electron chi connectivity index (χ0n) is 9.51. The maximum absolute atomic E-state index is 10.6. The summed E-state index contributed by atoms with van der Waals surface area (Å²) in [4.78, 5) is 22.5. The molecule has 0 aromatic rings. The van der Waals surface area contributed by atoms with Crippen LogP contribution in [-0.2, 0) is 9.59 Å². The van der Waals surface area contributed by atoms with Gasteiger partial charge >= 0.3 is 11.9 Å². The molecule has 0 saturated heterocycles. The summed E-state index contributed by atoms with van der Waals surface area (Å²) in [6.45, 7) is 2.31. The fourth-order valence-electron chi connectivity index (χ4n) is 1.44. The molecule has 0 bridgehead atoms. The van der Waals surface area contributed by atoms with E-state index in [4.69, 9.17) is 10.2 Å². The topological polar surface area (TPSA) is 105 Å². The van der Waals surface area contributed by atoms with Crippen molar-refractivity contribution >= 4 is 11.9 Å². The van der Waals surface area contributed by atoms with Gasteiger partial charge in [0.05, 0.1) is 18.8 Å². The standard InChI is InChI=1S/C9H16N4O4/c1-2-13-4-7(10-11-13)3-12(5-8(14)15)6-9(16)17/h4,10-11H,2-3,5-6H2,1H3,(H,14,15)(H,16,17). The summed E-state index contributed by atoms with van der Waals surface area (Å²) in [6.07, 6.45) is 1.77. The molecule has 1 rings (SSSR count). The first-order chi connectivity index (χ1) is 8.01. The summed E-state index contributed by atoms with van der Waals surface area (Å²) in [5.74, 6) is -2.10. The molecule has 1 aliphatic heterocycles. The lowest BCUT2D eigenvalue weighted by Gasteiger charge is -2.17. The van der Waals surface area contributed by atoms with E-state index in [-0.39, 0.29) is 19.6 Å². The Kier molecular flexibility index (Phi) is 4.73. The van der Waals surface area contributed by atoms with Gasteiger partial charge in [-0.1, -0.05) is 0 Å². The first-order valence-corrected chi connectivity index (χ1v) is 5.16. The fraction of sp³-hybridized carbons (Fsp3) is 0.556. The summed E-state index contributed by atoms with van der Waals surface area (Å²) in [7, 11) is 0. The van der Waals surface area contributed by atoms with Crippen molar-refractivity contribution in [3.8, 4) is 0 Å². The lowest BCUT2D eigenvalue weighted by Crippen LogP contribution is -2.40. The van der Waals surface area contributed by atoms with Gasteiger partial charge in [-0.2, -0.15) is 0 Å².